The summed E-state index contributed by atoms with van der Waals surface area (Å²) in [5.41, 5.74) is 2.39. The van der Waals surface area contributed by atoms with Crippen molar-refractivity contribution in [3.8, 4) is 11.8 Å². The van der Waals surface area contributed by atoms with Crippen LogP contribution in [0.2, 0.25) is 0 Å². The number of carbonyl (C=O) groups excluding carboxylic acids is 1. The van der Waals surface area contributed by atoms with Gasteiger partial charge in [-0.1, -0.05) is 6.08 Å². The second kappa shape index (κ2) is 10.7. The molecule has 0 radical (unpaired) electrons. The first-order chi connectivity index (χ1) is 19.0. The highest BCUT2D eigenvalue weighted by Gasteiger charge is 2.33. The van der Waals surface area contributed by atoms with Crippen LogP contribution < -0.4 is 10.1 Å². The number of hydrogen-bond acceptors (Lipinski definition) is 8. The second-order valence-electron chi connectivity index (χ2n) is 11.6. The van der Waals surface area contributed by atoms with E-state index in [2.05, 4.69) is 39.4 Å². The number of hydrogen-bond donors (Lipinski definition) is 2. The Kier molecular flexibility index (Phi) is 7.34. The third-order valence-electron chi connectivity index (χ3n) is 7.40. The van der Waals surface area contributed by atoms with E-state index in [9.17, 15) is 15.2 Å². The van der Waals surface area contributed by atoms with Gasteiger partial charge >= 0.3 is 0 Å². The zero-order valence-corrected chi connectivity index (χ0v) is 23.4. The summed E-state index contributed by atoms with van der Waals surface area (Å²) in [7, 11) is 0. The van der Waals surface area contributed by atoms with Crippen molar-refractivity contribution in [3.05, 3.63) is 71.3 Å². The fourth-order valence-corrected chi connectivity index (χ4v) is 5.13. The van der Waals surface area contributed by atoms with Gasteiger partial charge < -0.3 is 20.1 Å². The van der Waals surface area contributed by atoms with Crippen molar-refractivity contribution in [2.24, 2.45) is 4.99 Å². The maximum atomic E-state index is 12.8. The number of amidine groups is 1. The molecule has 5 rings (SSSR count). The van der Waals surface area contributed by atoms with Crippen molar-refractivity contribution < 1.29 is 14.6 Å². The van der Waals surface area contributed by atoms with Crippen LogP contribution in [0.25, 0.3) is 5.52 Å². The Balaban J connectivity index is 1.26. The minimum Gasteiger partial charge on any atom is -0.489 e. The van der Waals surface area contributed by atoms with E-state index in [0.29, 0.717) is 23.4 Å². The molecule has 0 spiro atoms. The minimum absolute atomic E-state index is 0.0574. The van der Waals surface area contributed by atoms with Gasteiger partial charge in [0.15, 0.2) is 0 Å². The number of dihydropyridines is 1. The molecule has 0 bridgehead atoms. The fourth-order valence-electron chi connectivity index (χ4n) is 5.13. The Bertz CT molecular complexity index is 1520. The predicted molar refractivity (Wildman–Crippen MR) is 152 cm³/mol. The molecule has 0 aromatic carbocycles. The standard InChI is InChI=1S/C30H35N7O3/c1-20-11-22(15-32-14-20)28(38)35-30(4)7-9-36(10-8-30)26-6-5-21(16-33-26)25-12-24(40-19-29(2,3)39)18-37-27(25)23(13-31)17-34-37/h5-6,11-12,14-15,17-18,21,39H,7-10,16,19H2,1-4H3,(H,35,38). The minimum atomic E-state index is -0.980. The Morgan fingerprint density at radius 1 is 1.27 bits per heavy atom. The van der Waals surface area contributed by atoms with E-state index in [4.69, 9.17) is 9.73 Å². The molecule has 3 aromatic rings. The molecule has 2 aliphatic heterocycles. The highest BCUT2D eigenvalue weighted by atomic mass is 16.5. The van der Waals surface area contributed by atoms with Gasteiger partial charge in [0.25, 0.3) is 5.91 Å². The number of rotatable bonds is 6. The van der Waals surface area contributed by atoms with Gasteiger partial charge in [-0.3, -0.25) is 14.8 Å². The molecule has 40 heavy (non-hydrogen) atoms. The first-order valence-electron chi connectivity index (χ1n) is 13.5. The Labute approximate surface area is 234 Å². The van der Waals surface area contributed by atoms with E-state index in [0.717, 1.165) is 48.4 Å². The van der Waals surface area contributed by atoms with E-state index in [1.165, 1.54) is 0 Å². The molecule has 208 valence electrons. The number of carbonyl (C=O) groups is 1. The summed E-state index contributed by atoms with van der Waals surface area (Å²) < 4.78 is 7.51. The van der Waals surface area contributed by atoms with Crippen molar-refractivity contribution in [2.45, 2.75) is 57.6 Å². The zero-order valence-electron chi connectivity index (χ0n) is 23.4. The molecule has 3 aromatic heterocycles. The largest absolute Gasteiger partial charge is 0.489 e. The third kappa shape index (κ3) is 6.00. The van der Waals surface area contributed by atoms with Crippen LogP contribution in [0.1, 0.15) is 66.6 Å². The van der Waals surface area contributed by atoms with E-state index < -0.39 is 5.60 Å². The van der Waals surface area contributed by atoms with Crippen molar-refractivity contribution in [1.29, 1.82) is 5.26 Å². The molecule has 2 N–H and O–H groups in total. The number of aromatic nitrogens is 3. The maximum Gasteiger partial charge on any atom is 0.253 e. The number of nitriles is 1. The van der Waals surface area contributed by atoms with E-state index in [1.807, 2.05) is 25.1 Å². The van der Waals surface area contributed by atoms with Gasteiger partial charge in [0.05, 0.1) is 41.2 Å². The van der Waals surface area contributed by atoms with Crippen molar-refractivity contribution in [1.82, 2.24) is 24.8 Å². The number of nitrogens with one attached hydrogen (secondary N) is 1. The lowest BCUT2D eigenvalue weighted by atomic mass is 9.88. The monoisotopic (exact) mass is 541 g/mol. The summed E-state index contributed by atoms with van der Waals surface area (Å²) in [6.07, 6.45) is 12.4. The predicted octanol–water partition coefficient (Wildman–Crippen LogP) is 3.40. The van der Waals surface area contributed by atoms with E-state index in [-0.39, 0.29) is 24.0 Å². The SMILES string of the molecule is Cc1cncc(C(=O)NC2(C)CCN(C3=NCC(c4cc(OCC(C)(C)O)cn5ncc(C#N)c45)C=C3)CC2)c1. The van der Waals surface area contributed by atoms with Gasteiger partial charge in [0.2, 0.25) is 0 Å². The summed E-state index contributed by atoms with van der Waals surface area (Å²) in [4.78, 5) is 24.1. The van der Waals surface area contributed by atoms with Crippen LogP contribution >= 0.6 is 0 Å². The average molecular weight is 542 g/mol. The van der Waals surface area contributed by atoms with Gasteiger partial charge in [-0.2, -0.15) is 10.4 Å². The van der Waals surface area contributed by atoms with Gasteiger partial charge in [-0.15, -0.1) is 0 Å². The molecular formula is C30H35N7O3. The number of aliphatic imine (C=N–C) groups is 1. The van der Waals surface area contributed by atoms with Gasteiger partial charge in [-0.05, 0) is 69.9 Å². The quantitative estimate of drug-likeness (QED) is 0.490. The molecule has 1 unspecified atom stereocenters. The molecule has 2 aliphatic rings. The molecule has 0 aliphatic carbocycles. The zero-order chi connectivity index (χ0) is 28.5. The fraction of sp³-hybridized carbons (Fsp3) is 0.433. The number of aliphatic hydroxyl groups is 1. The molecular weight excluding hydrogens is 506 g/mol. The normalized spacial score (nSPS) is 18.8. The molecule has 0 saturated carbocycles. The Morgan fingerprint density at radius 2 is 2.05 bits per heavy atom. The highest BCUT2D eigenvalue weighted by molar-refractivity contribution is 5.95. The lowest BCUT2D eigenvalue weighted by Gasteiger charge is -2.41. The van der Waals surface area contributed by atoms with Crippen LogP contribution in [0.4, 0.5) is 0 Å². The maximum absolute atomic E-state index is 12.8. The third-order valence-corrected chi connectivity index (χ3v) is 7.40. The van der Waals surface area contributed by atoms with Crippen LogP contribution in [0.5, 0.6) is 5.75 Å². The molecule has 1 atom stereocenters. The second-order valence-corrected chi connectivity index (χ2v) is 11.6. The Hall–Kier alpha value is -4.23. The van der Waals surface area contributed by atoms with Crippen LogP contribution in [0.15, 0.2) is 54.1 Å². The first-order valence-corrected chi connectivity index (χ1v) is 13.5. The number of ether oxygens (including phenoxy) is 1. The molecule has 5 heterocycles. The van der Waals surface area contributed by atoms with Crippen molar-refractivity contribution in [3.63, 3.8) is 0 Å². The number of fused-ring (bicyclic) bond motifs is 1. The number of aryl methyl sites for hydroxylation is 1. The van der Waals surface area contributed by atoms with Gasteiger partial charge in [-0.25, -0.2) is 4.52 Å². The van der Waals surface area contributed by atoms with Gasteiger partial charge in [0.1, 0.15) is 24.3 Å². The topological polar surface area (TPSA) is 128 Å². The number of nitrogens with zero attached hydrogens (tertiary/aromatic N) is 6. The molecule has 10 heteroatoms. The smallest absolute Gasteiger partial charge is 0.253 e. The summed E-state index contributed by atoms with van der Waals surface area (Å²) in [6, 6.07) is 6.00. The van der Waals surface area contributed by atoms with Gasteiger partial charge in [0, 0.05) is 36.9 Å². The van der Waals surface area contributed by atoms with E-state index in [1.54, 1.807) is 43.2 Å². The number of likely N-dealkylation sites (tertiary alicyclic amines) is 1. The van der Waals surface area contributed by atoms with Crippen LogP contribution in [0.3, 0.4) is 0 Å². The molecule has 1 saturated heterocycles. The number of piperidine rings is 1. The summed E-state index contributed by atoms with van der Waals surface area (Å²) in [5.74, 6) is 1.34. The Morgan fingerprint density at radius 3 is 2.70 bits per heavy atom. The van der Waals surface area contributed by atoms with Crippen molar-refractivity contribution in [2.75, 3.05) is 26.2 Å². The highest BCUT2D eigenvalue weighted by Crippen LogP contribution is 2.32. The summed E-state index contributed by atoms with van der Waals surface area (Å²) in [6.45, 7) is 9.61. The van der Waals surface area contributed by atoms with Crippen LogP contribution in [-0.2, 0) is 0 Å². The molecule has 10 nitrogen and oxygen atoms in total. The van der Waals surface area contributed by atoms with Crippen molar-refractivity contribution >= 4 is 17.3 Å². The van der Waals surface area contributed by atoms with Crippen LogP contribution in [-0.4, -0.2) is 73.7 Å². The number of pyridine rings is 2. The van der Waals surface area contributed by atoms with E-state index >= 15 is 0 Å². The lowest BCUT2D eigenvalue weighted by molar-refractivity contribution is 0.0283. The average Bonchev–Trinajstić information content (AvgIpc) is 3.35. The first kappa shape index (κ1) is 27.3. The summed E-state index contributed by atoms with van der Waals surface area (Å²) >= 11 is 0. The molecule has 1 amide bonds. The molecule has 1 fully saturated rings. The lowest BCUT2D eigenvalue weighted by Crippen LogP contribution is -2.54. The number of amides is 1. The summed E-state index contributed by atoms with van der Waals surface area (Å²) in [5, 5.41) is 27.3. The van der Waals surface area contributed by atoms with Crippen LogP contribution in [0, 0.1) is 18.3 Å².